The highest BCUT2D eigenvalue weighted by Gasteiger charge is 2.54. The summed E-state index contributed by atoms with van der Waals surface area (Å²) in [6, 6.07) is 13.3. The van der Waals surface area contributed by atoms with E-state index in [9.17, 15) is 28.0 Å². The third-order valence-electron chi connectivity index (χ3n) is 7.97. The van der Waals surface area contributed by atoms with Crippen molar-refractivity contribution in [3.63, 3.8) is 0 Å². The SMILES string of the molecule is COc1ccccc1COC(=O)C(C)(C)NP(=O)(OCC1OC(n2cnc3c(N(C)NS(C)(=O)=O)nc(N)nc32)[C@](C)(O)[C@@H]1O)Oc1ccc(Br)cc1. The van der Waals surface area contributed by atoms with Crippen LogP contribution in [0.3, 0.4) is 0 Å². The van der Waals surface area contributed by atoms with Gasteiger partial charge < -0.3 is 34.7 Å². The number of nitrogens with two attached hydrogens (primary N) is 1. The van der Waals surface area contributed by atoms with Crippen LogP contribution in [-0.4, -0.2) is 94.5 Å². The second-order valence-electron chi connectivity index (χ2n) is 12.8. The highest BCUT2D eigenvalue weighted by molar-refractivity contribution is 9.10. The molecule has 1 saturated heterocycles. The van der Waals surface area contributed by atoms with Crippen molar-refractivity contribution in [2.75, 3.05) is 37.8 Å². The molecular formula is C31H40BrN8O11PS. The molecule has 288 valence electrons. The van der Waals surface area contributed by atoms with Gasteiger partial charge in [0.25, 0.3) is 0 Å². The number of fused-ring (bicyclic) bond motifs is 1. The first-order valence-electron chi connectivity index (χ1n) is 15.8. The lowest BCUT2D eigenvalue weighted by molar-refractivity contribution is -0.151. The molecule has 1 aliphatic rings. The van der Waals surface area contributed by atoms with Crippen LogP contribution < -0.4 is 29.9 Å². The minimum absolute atomic E-state index is 0.00380. The van der Waals surface area contributed by atoms with E-state index in [-0.39, 0.29) is 35.3 Å². The fourth-order valence-corrected chi connectivity index (χ4v) is 7.94. The van der Waals surface area contributed by atoms with Gasteiger partial charge in [-0.15, -0.1) is 4.83 Å². The Morgan fingerprint density at radius 1 is 1.21 bits per heavy atom. The second kappa shape index (κ2) is 15.4. The molecule has 5 atom stereocenters. The fraction of sp³-hybridized carbons (Fsp3) is 0.419. The monoisotopic (exact) mass is 842 g/mol. The van der Waals surface area contributed by atoms with Crippen molar-refractivity contribution in [2.45, 2.75) is 57.0 Å². The molecule has 0 saturated carbocycles. The molecule has 0 amide bonds. The minimum atomic E-state index is -4.51. The number of aliphatic hydroxyl groups is 2. The number of hydrazine groups is 1. The molecule has 4 aromatic rings. The first kappa shape index (κ1) is 40.3. The fourth-order valence-electron chi connectivity index (χ4n) is 5.41. The maximum Gasteiger partial charge on any atom is 0.459 e. The van der Waals surface area contributed by atoms with E-state index in [1.807, 2.05) is 0 Å². The van der Waals surface area contributed by atoms with Crippen molar-refractivity contribution < 1.29 is 51.2 Å². The Morgan fingerprint density at radius 2 is 1.89 bits per heavy atom. The highest BCUT2D eigenvalue weighted by atomic mass is 79.9. The van der Waals surface area contributed by atoms with Crippen LogP contribution in [0.25, 0.3) is 11.2 Å². The van der Waals surface area contributed by atoms with Gasteiger partial charge in [-0.2, -0.15) is 15.1 Å². The second-order valence-corrected chi connectivity index (χ2v) is 17.1. The number of benzene rings is 2. The van der Waals surface area contributed by atoms with E-state index in [0.29, 0.717) is 15.8 Å². The smallest absolute Gasteiger partial charge is 0.459 e. The third kappa shape index (κ3) is 9.25. The van der Waals surface area contributed by atoms with E-state index in [1.54, 1.807) is 36.4 Å². The zero-order valence-electron chi connectivity index (χ0n) is 29.5. The Balaban J connectivity index is 1.38. The van der Waals surface area contributed by atoms with Crippen LogP contribution in [0.1, 0.15) is 32.6 Å². The molecule has 3 heterocycles. The number of carbonyl (C=O) groups is 1. The van der Waals surface area contributed by atoms with Crippen LogP contribution in [0.5, 0.6) is 11.5 Å². The number of rotatable bonds is 15. The number of methoxy groups -OCH3 is 1. The molecule has 19 nitrogen and oxygen atoms in total. The number of carbonyl (C=O) groups excluding carboxylic acids is 1. The number of halogens is 1. The average molecular weight is 844 g/mol. The lowest BCUT2D eigenvalue weighted by Gasteiger charge is -2.30. The number of nitrogens with zero attached hydrogens (tertiary/aromatic N) is 5. The van der Waals surface area contributed by atoms with Gasteiger partial charge in [0.2, 0.25) is 16.0 Å². The Morgan fingerprint density at radius 3 is 2.55 bits per heavy atom. The Kier molecular flexibility index (Phi) is 11.7. The number of nitrogens with one attached hydrogen (secondary N) is 2. The topological polar surface area (TPSA) is 252 Å². The summed E-state index contributed by atoms with van der Waals surface area (Å²) in [6.45, 7) is 3.39. The Labute approximate surface area is 313 Å². The number of para-hydroxylation sites is 1. The number of aromatic nitrogens is 4. The molecule has 3 unspecified atom stereocenters. The number of sulfonamides is 1. The molecule has 1 aliphatic heterocycles. The van der Waals surface area contributed by atoms with E-state index in [1.165, 1.54) is 58.0 Å². The van der Waals surface area contributed by atoms with E-state index >= 15 is 0 Å². The zero-order valence-corrected chi connectivity index (χ0v) is 32.8. The van der Waals surface area contributed by atoms with Crippen LogP contribution >= 0.6 is 23.7 Å². The molecule has 0 aliphatic carbocycles. The summed E-state index contributed by atoms with van der Waals surface area (Å²) in [6.07, 6.45) is -2.14. The summed E-state index contributed by atoms with van der Waals surface area (Å²) >= 11 is 3.33. The van der Waals surface area contributed by atoms with Gasteiger partial charge in [-0.3, -0.25) is 18.9 Å². The van der Waals surface area contributed by atoms with Crippen molar-refractivity contribution >= 4 is 62.6 Å². The minimum Gasteiger partial charge on any atom is -0.496 e. The van der Waals surface area contributed by atoms with Crippen LogP contribution in [0, 0.1) is 0 Å². The van der Waals surface area contributed by atoms with Gasteiger partial charge in [0.15, 0.2) is 23.2 Å². The predicted octanol–water partition coefficient (Wildman–Crippen LogP) is 2.40. The Bertz CT molecular complexity index is 2120. The van der Waals surface area contributed by atoms with Crippen LogP contribution in [0.15, 0.2) is 59.3 Å². The van der Waals surface area contributed by atoms with Crippen molar-refractivity contribution in [1.29, 1.82) is 0 Å². The van der Waals surface area contributed by atoms with E-state index in [4.69, 9.17) is 29.0 Å². The third-order valence-corrected chi connectivity index (χ3v) is 10.9. The summed E-state index contributed by atoms with van der Waals surface area (Å²) in [5.74, 6) is -0.420. The standard InChI is InChI=1S/C31H40BrN8O11PS/c1-30(2,28(42)48-15-18-9-7-8-10-21(18)47-5)37-52(44,51-20-13-11-19(32)12-14-20)49-16-22-24(41)31(3,43)27(50-22)40-17-34-23-25(35-29(33)36-26(23)40)39(4)38-53(6,45)46/h7-14,17,22,24,27,38,41,43H,15-16H2,1-6H3,(H,37,44)(H2,33,35,36)/t22?,24-,27?,31-,52?/m1/s1. The van der Waals surface area contributed by atoms with E-state index in [2.05, 4.69) is 40.8 Å². The molecule has 1 fully saturated rings. The molecule has 2 aromatic heterocycles. The highest BCUT2D eigenvalue weighted by Crippen LogP contribution is 2.48. The summed E-state index contributed by atoms with van der Waals surface area (Å²) in [4.78, 5) is 28.1. The first-order chi connectivity index (χ1) is 24.7. The molecule has 6 N–H and O–H groups in total. The van der Waals surface area contributed by atoms with Crippen molar-refractivity contribution in [2.24, 2.45) is 0 Å². The average Bonchev–Trinajstić information content (AvgIpc) is 3.58. The number of hydrogen-bond acceptors (Lipinski definition) is 16. The molecule has 0 bridgehead atoms. The molecule has 5 rings (SSSR count). The van der Waals surface area contributed by atoms with Crippen molar-refractivity contribution in [1.82, 2.24) is 29.4 Å². The summed E-state index contributed by atoms with van der Waals surface area (Å²) < 4.78 is 68.7. The molecule has 0 radical (unpaired) electrons. The number of esters is 1. The van der Waals surface area contributed by atoms with Gasteiger partial charge >= 0.3 is 13.7 Å². The van der Waals surface area contributed by atoms with Gasteiger partial charge in [0, 0.05) is 17.1 Å². The van der Waals surface area contributed by atoms with Gasteiger partial charge in [0.1, 0.15) is 41.5 Å². The number of nitrogen functional groups attached to an aromatic ring is 1. The molecule has 2 aromatic carbocycles. The van der Waals surface area contributed by atoms with Crippen molar-refractivity contribution in [3.05, 3.63) is 64.9 Å². The largest absolute Gasteiger partial charge is 0.496 e. The Hall–Kier alpha value is -3.92. The first-order valence-corrected chi connectivity index (χ1v) is 20.0. The predicted molar refractivity (Wildman–Crippen MR) is 195 cm³/mol. The van der Waals surface area contributed by atoms with Gasteiger partial charge in [0.05, 0.1) is 26.3 Å². The molecular weight excluding hydrogens is 803 g/mol. The number of ether oxygens (including phenoxy) is 3. The maximum atomic E-state index is 14.4. The van der Waals surface area contributed by atoms with Gasteiger partial charge in [-0.1, -0.05) is 34.1 Å². The normalized spacial score (nSPS) is 21.6. The van der Waals surface area contributed by atoms with Crippen LogP contribution in [-0.2, 0) is 40.0 Å². The van der Waals surface area contributed by atoms with Gasteiger partial charge in [-0.25, -0.2) is 18.0 Å². The zero-order chi connectivity index (χ0) is 38.9. The summed E-state index contributed by atoms with van der Waals surface area (Å²) in [5, 5.41) is 26.5. The van der Waals surface area contributed by atoms with Crippen molar-refractivity contribution in [3.8, 4) is 11.5 Å². The molecule has 0 spiro atoms. The lowest BCUT2D eigenvalue weighted by Crippen LogP contribution is -2.47. The lowest BCUT2D eigenvalue weighted by atomic mass is 9.96. The maximum absolute atomic E-state index is 14.4. The van der Waals surface area contributed by atoms with Crippen LogP contribution in [0.2, 0.25) is 0 Å². The van der Waals surface area contributed by atoms with Crippen LogP contribution in [0.4, 0.5) is 11.8 Å². The quantitative estimate of drug-likeness (QED) is 0.0655. The van der Waals surface area contributed by atoms with E-state index in [0.717, 1.165) is 11.3 Å². The number of aliphatic hydroxyl groups excluding tert-OH is 1. The number of imidazole rings is 1. The molecule has 22 heteroatoms. The number of anilines is 2. The number of hydrogen-bond donors (Lipinski definition) is 5. The van der Waals surface area contributed by atoms with Gasteiger partial charge in [-0.05, 0) is 51.1 Å². The summed E-state index contributed by atoms with van der Waals surface area (Å²) in [5.41, 5.74) is 2.99. The molecule has 53 heavy (non-hydrogen) atoms. The van der Waals surface area contributed by atoms with E-state index < -0.39 is 59.9 Å². The summed E-state index contributed by atoms with van der Waals surface area (Å²) in [7, 11) is -5.35.